The zero-order chi connectivity index (χ0) is 17.2. The van der Waals surface area contributed by atoms with Gasteiger partial charge in [-0.25, -0.2) is 0 Å². The Morgan fingerprint density at radius 3 is 2.52 bits per heavy atom. The van der Waals surface area contributed by atoms with E-state index in [1.165, 1.54) is 0 Å². The summed E-state index contributed by atoms with van der Waals surface area (Å²) < 4.78 is 5.52. The van der Waals surface area contributed by atoms with E-state index >= 15 is 0 Å². The van der Waals surface area contributed by atoms with Gasteiger partial charge in [-0.2, -0.15) is 0 Å². The number of ketones is 1. The standard InChI is InChI=1S/C21H18N2O2/c1-23(19-12-7-13-25-19)20(15-8-3-2-4-9-15)21(24)17-14-22-18-11-6-5-10-16(17)18/h2-14,20,22H,1H3. The van der Waals surface area contributed by atoms with Crippen molar-refractivity contribution in [1.82, 2.24) is 4.98 Å². The fourth-order valence-electron chi connectivity index (χ4n) is 3.21. The number of furan rings is 1. The number of aromatic amines is 1. The fourth-order valence-corrected chi connectivity index (χ4v) is 3.21. The Bertz CT molecular complexity index is 987. The summed E-state index contributed by atoms with van der Waals surface area (Å²) >= 11 is 0. The molecule has 25 heavy (non-hydrogen) atoms. The highest BCUT2D eigenvalue weighted by Crippen LogP contribution is 2.31. The second kappa shape index (κ2) is 6.32. The summed E-state index contributed by atoms with van der Waals surface area (Å²) in [5, 5.41) is 0.932. The lowest BCUT2D eigenvalue weighted by molar-refractivity contribution is 0.0959. The van der Waals surface area contributed by atoms with Crippen LogP contribution in [0.2, 0.25) is 0 Å². The SMILES string of the molecule is CN(c1ccco1)C(C(=O)c1c[nH]c2ccccc12)c1ccccc1. The minimum absolute atomic E-state index is 0.0301. The van der Waals surface area contributed by atoms with Gasteiger partial charge >= 0.3 is 0 Å². The van der Waals surface area contributed by atoms with Crippen LogP contribution in [0.4, 0.5) is 5.88 Å². The number of carbonyl (C=O) groups excluding carboxylic acids is 1. The van der Waals surface area contributed by atoms with Crippen molar-refractivity contribution < 1.29 is 9.21 Å². The number of Topliss-reactive ketones (excluding diaryl/α,β-unsaturated/α-hetero) is 1. The van der Waals surface area contributed by atoms with E-state index in [4.69, 9.17) is 4.42 Å². The van der Waals surface area contributed by atoms with Gasteiger partial charge < -0.3 is 14.3 Å². The number of nitrogens with zero attached hydrogens (tertiary/aromatic N) is 1. The minimum atomic E-state index is -0.466. The second-order valence-corrected chi connectivity index (χ2v) is 5.99. The molecule has 124 valence electrons. The van der Waals surface area contributed by atoms with Gasteiger partial charge in [-0.1, -0.05) is 48.5 Å². The average Bonchev–Trinajstić information content (AvgIpc) is 3.32. The molecular formula is C21H18N2O2. The molecule has 0 amide bonds. The Morgan fingerprint density at radius 1 is 1.00 bits per heavy atom. The molecule has 4 heteroatoms. The number of para-hydroxylation sites is 1. The van der Waals surface area contributed by atoms with Gasteiger partial charge in [0.05, 0.1) is 6.26 Å². The second-order valence-electron chi connectivity index (χ2n) is 5.99. The first kappa shape index (κ1) is 15.3. The highest BCUT2D eigenvalue weighted by molar-refractivity contribution is 6.11. The van der Waals surface area contributed by atoms with Crippen LogP contribution in [0.1, 0.15) is 22.0 Å². The van der Waals surface area contributed by atoms with Crippen molar-refractivity contribution in [2.75, 3.05) is 11.9 Å². The van der Waals surface area contributed by atoms with Crippen molar-refractivity contribution >= 4 is 22.6 Å². The molecule has 0 aliphatic carbocycles. The molecule has 0 radical (unpaired) electrons. The maximum atomic E-state index is 13.5. The molecule has 1 unspecified atom stereocenters. The first-order valence-corrected chi connectivity index (χ1v) is 8.17. The Labute approximate surface area is 145 Å². The molecule has 2 heterocycles. The highest BCUT2D eigenvalue weighted by atomic mass is 16.3. The van der Waals surface area contributed by atoms with E-state index in [-0.39, 0.29) is 5.78 Å². The van der Waals surface area contributed by atoms with Crippen molar-refractivity contribution in [2.24, 2.45) is 0 Å². The third-order valence-corrected chi connectivity index (χ3v) is 4.46. The Morgan fingerprint density at radius 2 is 1.76 bits per heavy atom. The largest absolute Gasteiger partial charge is 0.449 e. The van der Waals surface area contributed by atoms with Gasteiger partial charge in [0.1, 0.15) is 6.04 Å². The molecule has 4 rings (SSSR count). The van der Waals surface area contributed by atoms with Crippen LogP contribution in [0, 0.1) is 0 Å². The van der Waals surface area contributed by atoms with Crippen LogP contribution in [0.15, 0.2) is 83.6 Å². The van der Waals surface area contributed by atoms with Crippen molar-refractivity contribution in [3.8, 4) is 0 Å². The Balaban J connectivity index is 1.81. The quantitative estimate of drug-likeness (QED) is 0.534. The van der Waals surface area contributed by atoms with Crippen LogP contribution < -0.4 is 4.90 Å². The zero-order valence-corrected chi connectivity index (χ0v) is 13.8. The van der Waals surface area contributed by atoms with E-state index in [0.717, 1.165) is 16.5 Å². The molecule has 1 N–H and O–H groups in total. The number of rotatable bonds is 5. The molecule has 4 aromatic rings. The van der Waals surface area contributed by atoms with Crippen molar-refractivity contribution in [2.45, 2.75) is 6.04 Å². The van der Waals surface area contributed by atoms with Gasteiger partial charge in [-0.3, -0.25) is 4.79 Å². The molecule has 2 aromatic carbocycles. The molecule has 0 saturated heterocycles. The Hall–Kier alpha value is -3.27. The monoisotopic (exact) mass is 330 g/mol. The van der Waals surface area contributed by atoms with Crippen LogP contribution in [-0.2, 0) is 0 Å². The number of nitrogens with one attached hydrogen (secondary N) is 1. The summed E-state index contributed by atoms with van der Waals surface area (Å²) in [6.07, 6.45) is 3.41. The fraction of sp³-hybridized carbons (Fsp3) is 0.0952. The maximum absolute atomic E-state index is 13.5. The van der Waals surface area contributed by atoms with E-state index in [1.54, 1.807) is 12.5 Å². The van der Waals surface area contributed by atoms with Gasteiger partial charge in [0.15, 0.2) is 11.7 Å². The minimum Gasteiger partial charge on any atom is -0.449 e. The van der Waals surface area contributed by atoms with Crippen LogP contribution in [0.5, 0.6) is 0 Å². The summed E-state index contributed by atoms with van der Waals surface area (Å²) in [6.45, 7) is 0. The summed E-state index contributed by atoms with van der Waals surface area (Å²) in [5.74, 6) is 0.685. The molecule has 0 saturated carbocycles. The predicted molar refractivity (Wildman–Crippen MR) is 98.9 cm³/mol. The lowest BCUT2D eigenvalue weighted by atomic mass is 9.96. The predicted octanol–water partition coefficient (Wildman–Crippen LogP) is 4.82. The van der Waals surface area contributed by atoms with E-state index in [0.29, 0.717) is 11.4 Å². The first-order chi connectivity index (χ1) is 12.3. The molecule has 4 nitrogen and oxygen atoms in total. The number of carbonyl (C=O) groups is 1. The number of aromatic nitrogens is 1. The summed E-state index contributed by atoms with van der Waals surface area (Å²) in [7, 11) is 1.88. The number of fused-ring (bicyclic) bond motifs is 1. The topological polar surface area (TPSA) is 49.2 Å². The molecule has 0 aliphatic heterocycles. The lowest BCUT2D eigenvalue weighted by Gasteiger charge is -2.27. The van der Waals surface area contributed by atoms with Crippen LogP contribution in [-0.4, -0.2) is 17.8 Å². The third-order valence-electron chi connectivity index (χ3n) is 4.46. The van der Waals surface area contributed by atoms with E-state index in [9.17, 15) is 4.79 Å². The van der Waals surface area contributed by atoms with E-state index < -0.39 is 6.04 Å². The normalized spacial score (nSPS) is 12.2. The molecule has 0 fully saturated rings. The van der Waals surface area contributed by atoms with Gasteiger partial charge in [-0.15, -0.1) is 0 Å². The number of H-pyrrole nitrogens is 1. The molecule has 0 aliphatic rings. The van der Waals surface area contributed by atoms with E-state index in [2.05, 4.69) is 4.98 Å². The number of hydrogen-bond donors (Lipinski definition) is 1. The molecule has 0 spiro atoms. The summed E-state index contributed by atoms with van der Waals surface area (Å²) in [4.78, 5) is 18.5. The number of benzene rings is 2. The zero-order valence-electron chi connectivity index (χ0n) is 13.8. The highest BCUT2D eigenvalue weighted by Gasteiger charge is 2.29. The van der Waals surface area contributed by atoms with E-state index in [1.807, 2.05) is 78.7 Å². The Kier molecular flexibility index (Phi) is 3.86. The van der Waals surface area contributed by atoms with Crippen LogP contribution in [0.3, 0.4) is 0 Å². The molecule has 2 aromatic heterocycles. The number of likely N-dealkylation sites (N-methyl/N-ethyl adjacent to an activating group) is 1. The maximum Gasteiger partial charge on any atom is 0.195 e. The van der Waals surface area contributed by atoms with Gasteiger partial charge in [0.25, 0.3) is 0 Å². The molecule has 1 atom stereocenters. The molecular weight excluding hydrogens is 312 g/mol. The molecule has 0 bridgehead atoms. The van der Waals surface area contributed by atoms with Crippen molar-refractivity contribution in [3.05, 3.63) is 90.3 Å². The van der Waals surface area contributed by atoms with Gasteiger partial charge in [0, 0.05) is 35.8 Å². The van der Waals surface area contributed by atoms with Crippen molar-refractivity contribution in [1.29, 1.82) is 0 Å². The third kappa shape index (κ3) is 2.72. The first-order valence-electron chi connectivity index (χ1n) is 8.17. The van der Waals surface area contributed by atoms with Gasteiger partial charge in [-0.05, 0) is 17.7 Å². The number of anilines is 1. The van der Waals surface area contributed by atoms with Crippen molar-refractivity contribution in [3.63, 3.8) is 0 Å². The lowest BCUT2D eigenvalue weighted by Crippen LogP contribution is -2.30. The average molecular weight is 330 g/mol. The smallest absolute Gasteiger partial charge is 0.195 e. The van der Waals surface area contributed by atoms with Crippen LogP contribution in [0.25, 0.3) is 10.9 Å². The summed E-state index contributed by atoms with van der Waals surface area (Å²) in [6, 6.07) is 20.8. The van der Waals surface area contributed by atoms with Crippen LogP contribution >= 0.6 is 0 Å². The summed E-state index contributed by atoms with van der Waals surface area (Å²) in [5.41, 5.74) is 2.57. The number of hydrogen-bond acceptors (Lipinski definition) is 3. The van der Waals surface area contributed by atoms with Gasteiger partial charge in [0.2, 0.25) is 0 Å².